The van der Waals surface area contributed by atoms with Crippen molar-refractivity contribution >= 4 is 23.7 Å². The minimum absolute atomic E-state index is 0.0996. The van der Waals surface area contributed by atoms with Crippen LogP contribution in [0.5, 0.6) is 0 Å². The molecule has 0 aromatic heterocycles. The van der Waals surface area contributed by atoms with E-state index < -0.39 is 30.1 Å². The van der Waals surface area contributed by atoms with Crippen LogP contribution >= 0.6 is 0 Å². The van der Waals surface area contributed by atoms with Gasteiger partial charge in [0.15, 0.2) is 6.04 Å². The van der Waals surface area contributed by atoms with Crippen LogP contribution in [0.15, 0.2) is 103 Å². The molecule has 0 aliphatic heterocycles. The number of para-hydroxylation sites is 1. The van der Waals surface area contributed by atoms with Crippen molar-refractivity contribution in [3.63, 3.8) is 0 Å². The van der Waals surface area contributed by atoms with E-state index >= 15 is 0 Å². The van der Waals surface area contributed by atoms with E-state index in [1.807, 2.05) is 66.7 Å². The molecule has 5 rings (SSSR count). The number of anilines is 1. The van der Waals surface area contributed by atoms with E-state index in [9.17, 15) is 19.5 Å². The van der Waals surface area contributed by atoms with Crippen molar-refractivity contribution in [1.29, 1.82) is 0 Å². The predicted octanol–water partition coefficient (Wildman–Crippen LogP) is 5.84. The summed E-state index contributed by atoms with van der Waals surface area (Å²) in [5, 5.41) is 14.9. The number of carbonyl (C=O) groups excluding carboxylic acids is 2. The minimum Gasteiger partial charge on any atom is -0.480 e. The number of nitrogens with one attached hydrogen (secondary N) is 2. The van der Waals surface area contributed by atoms with Gasteiger partial charge in [-0.2, -0.15) is 0 Å². The van der Waals surface area contributed by atoms with Crippen molar-refractivity contribution in [3.05, 3.63) is 125 Å². The number of hydrogen-bond acceptors (Lipinski definition) is 5. The fraction of sp³-hybridized carbons (Fsp3) is 0.182. The summed E-state index contributed by atoms with van der Waals surface area (Å²) >= 11 is 0. The normalized spacial score (nSPS) is 13.4. The van der Waals surface area contributed by atoms with E-state index in [0.29, 0.717) is 0 Å². The number of rotatable bonds is 10. The number of carbonyl (C=O) groups is 3. The van der Waals surface area contributed by atoms with Crippen molar-refractivity contribution < 1.29 is 29.0 Å². The zero-order valence-electron chi connectivity index (χ0n) is 22.4. The second-order valence-corrected chi connectivity index (χ2v) is 9.79. The lowest BCUT2D eigenvalue weighted by Gasteiger charge is -2.22. The maximum absolute atomic E-state index is 13.2. The molecule has 4 aromatic carbocycles. The first-order valence-electron chi connectivity index (χ1n) is 13.3. The number of ether oxygens (including phenoxy) is 2. The number of aliphatic carboxylic acids is 1. The molecule has 2 atom stereocenters. The molecule has 0 bridgehead atoms. The smallest absolute Gasteiger partial charge is 0.411 e. The molecular weight excluding hydrogens is 520 g/mol. The summed E-state index contributed by atoms with van der Waals surface area (Å²) in [6, 6.07) is 30.4. The second-order valence-electron chi connectivity index (χ2n) is 9.79. The van der Waals surface area contributed by atoms with Gasteiger partial charge in [0, 0.05) is 5.92 Å². The molecule has 0 heterocycles. The van der Waals surface area contributed by atoms with Gasteiger partial charge in [0.05, 0.1) is 24.0 Å². The molecular formula is C33H30N2O6. The van der Waals surface area contributed by atoms with Crippen LogP contribution in [0.25, 0.3) is 11.1 Å². The SMILES string of the molecule is CC(OCc1ccccc1)C(NC(=O)c1ccccc1NC(=O)OCC1c2ccccc2-c2ccccc21)C(=O)O. The van der Waals surface area contributed by atoms with Crippen molar-refractivity contribution in [2.75, 3.05) is 11.9 Å². The highest BCUT2D eigenvalue weighted by Crippen LogP contribution is 2.44. The molecule has 41 heavy (non-hydrogen) atoms. The van der Waals surface area contributed by atoms with Gasteiger partial charge in [-0.05, 0) is 46.9 Å². The van der Waals surface area contributed by atoms with Crippen molar-refractivity contribution in [2.24, 2.45) is 0 Å². The molecule has 0 saturated carbocycles. The van der Waals surface area contributed by atoms with E-state index in [4.69, 9.17) is 9.47 Å². The van der Waals surface area contributed by atoms with Gasteiger partial charge in [-0.25, -0.2) is 9.59 Å². The van der Waals surface area contributed by atoms with Crippen molar-refractivity contribution in [3.8, 4) is 11.1 Å². The van der Waals surface area contributed by atoms with Crippen LogP contribution < -0.4 is 10.6 Å². The first-order chi connectivity index (χ1) is 19.9. The number of benzene rings is 4. The number of carboxylic acids is 1. The summed E-state index contributed by atoms with van der Waals surface area (Å²) < 4.78 is 11.3. The van der Waals surface area contributed by atoms with Gasteiger partial charge in [-0.15, -0.1) is 0 Å². The molecule has 208 valence electrons. The van der Waals surface area contributed by atoms with Gasteiger partial charge < -0.3 is 19.9 Å². The van der Waals surface area contributed by atoms with Crippen LogP contribution in [0.2, 0.25) is 0 Å². The summed E-state index contributed by atoms with van der Waals surface area (Å²) in [5.74, 6) is -2.01. The number of hydrogen-bond donors (Lipinski definition) is 3. The lowest BCUT2D eigenvalue weighted by atomic mass is 9.98. The first-order valence-corrected chi connectivity index (χ1v) is 13.3. The third kappa shape index (κ3) is 6.28. The maximum atomic E-state index is 13.2. The lowest BCUT2D eigenvalue weighted by molar-refractivity contribution is -0.143. The number of fused-ring (bicyclic) bond motifs is 3. The fourth-order valence-electron chi connectivity index (χ4n) is 5.03. The Balaban J connectivity index is 1.23. The Morgan fingerprint density at radius 1 is 0.805 bits per heavy atom. The summed E-state index contributed by atoms with van der Waals surface area (Å²) in [6.45, 7) is 1.90. The molecule has 0 fully saturated rings. The number of carboxylic acid groups (broad SMARTS) is 1. The molecule has 2 amide bonds. The van der Waals surface area contributed by atoms with E-state index in [0.717, 1.165) is 27.8 Å². The van der Waals surface area contributed by atoms with E-state index in [1.165, 1.54) is 6.07 Å². The van der Waals surface area contributed by atoms with Crippen molar-refractivity contribution in [1.82, 2.24) is 5.32 Å². The van der Waals surface area contributed by atoms with Crippen LogP contribution in [0.4, 0.5) is 10.5 Å². The Labute approximate surface area is 237 Å². The molecule has 1 aliphatic rings. The fourth-order valence-corrected chi connectivity index (χ4v) is 5.03. The zero-order chi connectivity index (χ0) is 28.8. The maximum Gasteiger partial charge on any atom is 0.411 e. The average molecular weight is 551 g/mol. The first kappa shape index (κ1) is 27.6. The largest absolute Gasteiger partial charge is 0.480 e. The van der Waals surface area contributed by atoms with Gasteiger partial charge >= 0.3 is 12.1 Å². The molecule has 1 aliphatic carbocycles. The molecule has 0 saturated heterocycles. The Bertz CT molecular complexity index is 1510. The van der Waals surface area contributed by atoms with Gasteiger partial charge in [0.2, 0.25) is 0 Å². The van der Waals surface area contributed by atoms with Crippen LogP contribution in [0.3, 0.4) is 0 Å². The van der Waals surface area contributed by atoms with Crippen LogP contribution in [-0.4, -0.2) is 41.8 Å². The van der Waals surface area contributed by atoms with Crippen molar-refractivity contribution in [2.45, 2.75) is 31.6 Å². The Morgan fingerprint density at radius 2 is 1.39 bits per heavy atom. The molecule has 0 spiro atoms. The minimum atomic E-state index is -1.31. The highest BCUT2D eigenvalue weighted by molar-refractivity contribution is 6.04. The highest BCUT2D eigenvalue weighted by atomic mass is 16.5. The molecule has 4 aromatic rings. The van der Waals surface area contributed by atoms with E-state index in [-0.39, 0.29) is 30.4 Å². The Morgan fingerprint density at radius 3 is 2.05 bits per heavy atom. The lowest BCUT2D eigenvalue weighted by Crippen LogP contribution is -2.48. The topological polar surface area (TPSA) is 114 Å². The third-order valence-electron chi connectivity index (χ3n) is 7.13. The summed E-state index contributed by atoms with van der Waals surface area (Å²) in [7, 11) is 0. The average Bonchev–Trinajstić information content (AvgIpc) is 3.31. The van der Waals surface area contributed by atoms with Crippen LogP contribution in [-0.2, 0) is 20.9 Å². The zero-order valence-corrected chi connectivity index (χ0v) is 22.4. The Kier molecular flexibility index (Phi) is 8.41. The highest BCUT2D eigenvalue weighted by Gasteiger charge is 2.30. The second kappa shape index (κ2) is 12.5. The molecule has 8 heteroatoms. The molecule has 0 radical (unpaired) electrons. The molecule has 2 unspecified atom stereocenters. The van der Waals surface area contributed by atoms with E-state index in [1.54, 1.807) is 25.1 Å². The van der Waals surface area contributed by atoms with E-state index in [2.05, 4.69) is 22.8 Å². The third-order valence-corrected chi connectivity index (χ3v) is 7.13. The molecule has 8 nitrogen and oxygen atoms in total. The van der Waals surface area contributed by atoms with Crippen LogP contribution in [0, 0.1) is 0 Å². The Hall–Kier alpha value is -4.95. The van der Waals surface area contributed by atoms with Crippen LogP contribution in [0.1, 0.15) is 39.9 Å². The summed E-state index contributed by atoms with van der Waals surface area (Å²) in [5.41, 5.74) is 5.59. The predicted molar refractivity (Wildman–Crippen MR) is 155 cm³/mol. The monoisotopic (exact) mass is 550 g/mol. The standard InChI is InChI=1S/C33H30N2O6/c1-21(40-19-22-11-3-2-4-12-22)30(32(37)38)35-31(36)27-17-9-10-18-29(27)34-33(39)41-20-28-25-15-7-5-13-23(25)24-14-6-8-16-26(24)28/h2-18,21,28,30H,19-20H2,1H3,(H,34,39)(H,35,36)(H,37,38). The molecule has 3 N–H and O–H groups in total. The van der Waals surface area contributed by atoms with Gasteiger partial charge in [-0.1, -0.05) is 91.0 Å². The van der Waals surface area contributed by atoms with Gasteiger partial charge in [-0.3, -0.25) is 10.1 Å². The summed E-state index contributed by atoms with van der Waals surface area (Å²) in [6.07, 6.45) is -1.54. The quantitative estimate of drug-likeness (QED) is 0.229. The summed E-state index contributed by atoms with van der Waals surface area (Å²) in [4.78, 5) is 38.0. The number of amides is 2. The van der Waals surface area contributed by atoms with Gasteiger partial charge in [0.25, 0.3) is 5.91 Å². The van der Waals surface area contributed by atoms with Gasteiger partial charge in [0.1, 0.15) is 6.61 Å².